The fourth-order valence-electron chi connectivity index (χ4n) is 13.1. The van der Waals surface area contributed by atoms with E-state index in [0.717, 1.165) is 50.5 Å². The maximum atomic E-state index is 13.3. The SMILES string of the molecule is CC(C)[C@@H]1CC[C@]2(NC(=O)N[C@@H](CO)C(=O)O)CC[C@]3(C)[C@H](CC[C@@H]4[C@@]5(C)CC=C(c6ccc(C(=O)O)cc6)C(C)(C)[C@@H]5CC[C@]43C)[C@@H]12. The highest BCUT2D eigenvalue weighted by molar-refractivity contribution is 5.88. The van der Waals surface area contributed by atoms with Crippen molar-refractivity contribution >= 4 is 23.5 Å². The van der Waals surface area contributed by atoms with E-state index in [-0.39, 0.29) is 27.2 Å². The zero-order chi connectivity index (χ0) is 35.0. The lowest BCUT2D eigenvalue weighted by molar-refractivity contribution is -0.220. The number of benzene rings is 1. The Morgan fingerprint density at radius 3 is 2.15 bits per heavy atom. The minimum atomic E-state index is -1.32. The third-order valence-electron chi connectivity index (χ3n) is 15.5. The van der Waals surface area contributed by atoms with Gasteiger partial charge in [-0.2, -0.15) is 0 Å². The second-order valence-corrected chi connectivity index (χ2v) is 17.9. The molecule has 0 aliphatic heterocycles. The molecule has 0 unspecified atom stereocenters. The number of urea groups is 1. The van der Waals surface area contributed by atoms with Gasteiger partial charge >= 0.3 is 18.0 Å². The fraction of sp³-hybridized carbons (Fsp3) is 0.725. The number of rotatable bonds is 7. The van der Waals surface area contributed by atoms with Crippen LogP contribution in [0.4, 0.5) is 4.79 Å². The number of aliphatic hydroxyl groups excluding tert-OH is 1. The van der Waals surface area contributed by atoms with E-state index in [4.69, 9.17) is 0 Å². The lowest BCUT2D eigenvalue weighted by atomic mass is 9.33. The molecule has 0 saturated heterocycles. The van der Waals surface area contributed by atoms with Gasteiger partial charge in [-0.1, -0.05) is 66.7 Å². The summed E-state index contributed by atoms with van der Waals surface area (Å²) in [5.41, 5.74) is 2.78. The van der Waals surface area contributed by atoms with Gasteiger partial charge in [0.1, 0.15) is 0 Å². The van der Waals surface area contributed by atoms with Crippen molar-refractivity contribution in [2.75, 3.05) is 6.61 Å². The molecule has 4 saturated carbocycles. The zero-order valence-corrected chi connectivity index (χ0v) is 30.1. The molecule has 4 fully saturated rings. The van der Waals surface area contributed by atoms with E-state index in [9.17, 15) is 29.7 Å². The molecule has 264 valence electrons. The molecule has 5 N–H and O–H groups in total. The predicted molar refractivity (Wildman–Crippen MR) is 186 cm³/mol. The van der Waals surface area contributed by atoms with Crippen LogP contribution in [-0.2, 0) is 4.79 Å². The number of fused-ring (bicyclic) bond motifs is 7. The lowest BCUT2D eigenvalue weighted by Gasteiger charge is -2.72. The minimum absolute atomic E-state index is 0.0492. The van der Waals surface area contributed by atoms with Crippen LogP contribution in [-0.4, -0.2) is 51.5 Å². The van der Waals surface area contributed by atoms with E-state index in [2.05, 4.69) is 65.2 Å². The number of amides is 2. The molecular weight excluding hydrogens is 604 g/mol. The van der Waals surface area contributed by atoms with Crippen molar-refractivity contribution in [3.63, 3.8) is 0 Å². The molecule has 48 heavy (non-hydrogen) atoms. The number of carbonyl (C=O) groups is 3. The Morgan fingerprint density at radius 2 is 1.54 bits per heavy atom. The number of allylic oxidation sites excluding steroid dienone is 2. The van der Waals surface area contributed by atoms with Crippen LogP contribution in [0.15, 0.2) is 30.3 Å². The Balaban J connectivity index is 1.31. The number of aliphatic carboxylic acids is 1. The van der Waals surface area contributed by atoms with E-state index in [1.807, 2.05) is 12.1 Å². The summed E-state index contributed by atoms with van der Waals surface area (Å²) in [6.45, 7) is 16.6. The number of aromatic carboxylic acids is 1. The van der Waals surface area contributed by atoms with Crippen molar-refractivity contribution < 1.29 is 29.7 Å². The molecule has 0 heterocycles. The number of nitrogens with one attached hydrogen (secondary N) is 2. The number of hydrogen-bond donors (Lipinski definition) is 5. The Labute approximate surface area is 286 Å². The van der Waals surface area contributed by atoms with Gasteiger partial charge in [-0.15, -0.1) is 0 Å². The number of carboxylic acids is 2. The molecule has 0 aromatic heterocycles. The van der Waals surface area contributed by atoms with Gasteiger partial charge in [0.05, 0.1) is 12.2 Å². The predicted octanol–water partition coefficient (Wildman–Crippen LogP) is 7.61. The summed E-state index contributed by atoms with van der Waals surface area (Å²) in [5.74, 6) is 0.715. The molecule has 8 heteroatoms. The third-order valence-corrected chi connectivity index (χ3v) is 15.5. The van der Waals surface area contributed by atoms with Gasteiger partial charge in [-0.25, -0.2) is 14.4 Å². The van der Waals surface area contributed by atoms with Gasteiger partial charge in [-0.05, 0) is 138 Å². The molecule has 0 bridgehead atoms. The number of hydrogen-bond acceptors (Lipinski definition) is 4. The molecule has 1 aromatic rings. The summed E-state index contributed by atoms with van der Waals surface area (Å²) in [7, 11) is 0. The molecule has 10 atom stereocenters. The van der Waals surface area contributed by atoms with Gasteiger partial charge in [0.25, 0.3) is 0 Å². The van der Waals surface area contributed by atoms with E-state index in [1.165, 1.54) is 18.4 Å². The normalized spacial score (nSPS) is 40.4. The summed E-state index contributed by atoms with van der Waals surface area (Å²) >= 11 is 0. The standard InChI is InChI=1S/C40H58N2O6/c1-23(2)26-14-19-40(42-35(48)41-29(22-43)34(46)47)21-20-38(6)28(32(26)40)12-13-31-37(5)17-15-27(24-8-10-25(11-9-24)33(44)45)36(3,4)30(37)16-18-39(31,38)7/h8-11,15,23,26,28-32,43H,12-14,16-22H2,1-7H3,(H,44,45)(H,46,47)(H2,41,42,48)/t26-,28+,29-,30-,31+,32+,37-,38+,39+,40-/m0/s1. The van der Waals surface area contributed by atoms with Crippen LogP contribution in [0, 0.1) is 57.2 Å². The summed E-state index contributed by atoms with van der Waals surface area (Å²) in [6.07, 6.45) is 12.0. The summed E-state index contributed by atoms with van der Waals surface area (Å²) in [6, 6.07) is 5.63. The van der Waals surface area contributed by atoms with Gasteiger partial charge in [0.15, 0.2) is 6.04 Å². The molecule has 5 aliphatic carbocycles. The Hall–Kier alpha value is -2.87. The van der Waals surface area contributed by atoms with Crippen LogP contribution in [0.1, 0.15) is 122 Å². The molecule has 5 aliphatic rings. The monoisotopic (exact) mass is 662 g/mol. The first-order valence-electron chi connectivity index (χ1n) is 18.4. The Kier molecular flexibility index (Phi) is 8.66. The highest BCUT2D eigenvalue weighted by Crippen LogP contribution is 2.76. The van der Waals surface area contributed by atoms with Crippen LogP contribution in [0.25, 0.3) is 5.57 Å². The highest BCUT2D eigenvalue weighted by atomic mass is 16.4. The number of carboxylic acid groups (broad SMARTS) is 2. The Bertz CT molecular complexity index is 1480. The lowest BCUT2D eigenvalue weighted by Crippen LogP contribution is -2.69. The fourth-order valence-corrected chi connectivity index (χ4v) is 13.1. The van der Waals surface area contributed by atoms with Crippen LogP contribution in [0.5, 0.6) is 0 Å². The average molecular weight is 663 g/mol. The van der Waals surface area contributed by atoms with Crippen molar-refractivity contribution in [1.29, 1.82) is 0 Å². The quantitative estimate of drug-likeness (QED) is 0.204. The van der Waals surface area contributed by atoms with Crippen molar-refractivity contribution in [2.45, 2.75) is 118 Å². The summed E-state index contributed by atoms with van der Waals surface area (Å²) in [4.78, 5) is 36.4. The number of carbonyl (C=O) groups excluding carboxylic acids is 1. The van der Waals surface area contributed by atoms with E-state index < -0.39 is 30.6 Å². The largest absolute Gasteiger partial charge is 0.480 e. The Morgan fingerprint density at radius 1 is 0.854 bits per heavy atom. The van der Waals surface area contributed by atoms with Crippen LogP contribution in [0.3, 0.4) is 0 Å². The first kappa shape index (κ1) is 35.0. The average Bonchev–Trinajstić information content (AvgIpc) is 3.39. The maximum Gasteiger partial charge on any atom is 0.335 e. The second-order valence-electron chi connectivity index (χ2n) is 17.9. The van der Waals surface area contributed by atoms with Crippen LogP contribution < -0.4 is 10.6 Å². The second kappa shape index (κ2) is 11.9. The molecule has 1 aromatic carbocycles. The van der Waals surface area contributed by atoms with E-state index >= 15 is 0 Å². The van der Waals surface area contributed by atoms with Gasteiger partial charge < -0.3 is 26.0 Å². The highest BCUT2D eigenvalue weighted by Gasteiger charge is 2.70. The molecule has 2 amide bonds. The maximum absolute atomic E-state index is 13.3. The minimum Gasteiger partial charge on any atom is -0.480 e. The third kappa shape index (κ3) is 5.05. The topological polar surface area (TPSA) is 136 Å². The first-order valence-corrected chi connectivity index (χ1v) is 18.4. The van der Waals surface area contributed by atoms with Crippen molar-refractivity contribution in [2.24, 2.45) is 57.2 Å². The molecule has 0 spiro atoms. The van der Waals surface area contributed by atoms with Crippen molar-refractivity contribution in [3.8, 4) is 0 Å². The van der Waals surface area contributed by atoms with Crippen molar-refractivity contribution in [1.82, 2.24) is 10.6 Å². The molecule has 8 nitrogen and oxygen atoms in total. The smallest absolute Gasteiger partial charge is 0.335 e. The van der Waals surface area contributed by atoms with Crippen LogP contribution >= 0.6 is 0 Å². The van der Waals surface area contributed by atoms with E-state index in [1.54, 1.807) is 12.1 Å². The van der Waals surface area contributed by atoms with Crippen LogP contribution in [0.2, 0.25) is 0 Å². The molecular formula is C40H58N2O6. The molecule has 0 radical (unpaired) electrons. The van der Waals surface area contributed by atoms with E-state index in [0.29, 0.717) is 41.1 Å². The first-order chi connectivity index (χ1) is 22.4. The van der Waals surface area contributed by atoms with Gasteiger partial charge in [0, 0.05) is 5.54 Å². The summed E-state index contributed by atoms with van der Waals surface area (Å²) < 4.78 is 0. The summed E-state index contributed by atoms with van der Waals surface area (Å²) in [5, 5.41) is 34.4. The number of aliphatic hydroxyl groups is 1. The van der Waals surface area contributed by atoms with Crippen molar-refractivity contribution in [3.05, 3.63) is 41.5 Å². The molecule has 6 rings (SSSR count). The zero-order valence-electron chi connectivity index (χ0n) is 30.1. The van der Waals surface area contributed by atoms with Gasteiger partial charge in [0.2, 0.25) is 0 Å². The van der Waals surface area contributed by atoms with Gasteiger partial charge in [-0.3, -0.25) is 0 Å².